The number of hydrogen-bond donors (Lipinski definition) is 2. The third kappa shape index (κ3) is 4.02. The highest BCUT2D eigenvalue weighted by molar-refractivity contribution is 7.09. The molecule has 0 saturated heterocycles. The van der Waals surface area contributed by atoms with E-state index in [9.17, 15) is 0 Å². The summed E-state index contributed by atoms with van der Waals surface area (Å²) in [7, 11) is 0. The molecule has 0 radical (unpaired) electrons. The second-order valence-electron chi connectivity index (χ2n) is 3.62. The molecule has 0 amide bonds. The van der Waals surface area contributed by atoms with Crippen molar-refractivity contribution in [3.05, 3.63) is 28.7 Å². The molecule has 0 saturated carbocycles. The molecule has 0 aliphatic carbocycles. The number of rotatable bonds is 5. The van der Waals surface area contributed by atoms with Crippen LogP contribution in [0.15, 0.2) is 23.0 Å². The number of thiazole rings is 1. The predicted molar refractivity (Wildman–Crippen MR) is 70.0 cm³/mol. The molecule has 0 aromatic carbocycles. The van der Waals surface area contributed by atoms with Crippen LogP contribution < -0.4 is 11.1 Å². The molecule has 1 heterocycles. The normalized spacial score (nSPS) is 13.5. The monoisotopic (exact) mass is 238 g/mol. The van der Waals surface area contributed by atoms with Gasteiger partial charge in [0.25, 0.3) is 0 Å². The number of aromatic nitrogens is 1. The van der Waals surface area contributed by atoms with Crippen LogP contribution in [0.25, 0.3) is 0 Å². The van der Waals surface area contributed by atoms with Gasteiger partial charge in [-0.2, -0.15) is 0 Å². The van der Waals surface area contributed by atoms with E-state index in [-0.39, 0.29) is 0 Å². The molecule has 4 nitrogen and oxygen atoms in total. The number of nitrogens with two attached hydrogens (primary N) is 1. The van der Waals surface area contributed by atoms with Crippen LogP contribution in [0, 0.1) is 6.92 Å². The van der Waals surface area contributed by atoms with Gasteiger partial charge in [0.05, 0.1) is 11.6 Å². The lowest BCUT2D eigenvalue weighted by Gasteiger charge is -2.06. The van der Waals surface area contributed by atoms with Gasteiger partial charge in [0, 0.05) is 23.5 Å². The summed E-state index contributed by atoms with van der Waals surface area (Å²) in [6.07, 6.45) is 1.75. The summed E-state index contributed by atoms with van der Waals surface area (Å²) < 4.78 is 0. The van der Waals surface area contributed by atoms with Gasteiger partial charge in [-0.1, -0.05) is 13.0 Å². The average Bonchev–Trinajstić information content (AvgIpc) is 2.69. The van der Waals surface area contributed by atoms with Gasteiger partial charge in [-0.25, -0.2) is 4.98 Å². The molecule has 0 fully saturated rings. The number of aliphatic imine (C=N–C) groups is 1. The first-order valence-electron chi connectivity index (χ1n) is 5.20. The summed E-state index contributed by atoms with van der Waals surface area (Å²) >= 11 is 1.67. The SMILES string of the molecule is C=CCNC(N)=NCC(C)c1nc(C)cs1. The Hall–Kier alpha value is -1.36. The largest absolute Gasteiger partial charge is 0.370 e. The van der Waals surface area contributed by atoms with Crippen molar-refractivity contribution in [1.82, 2.24) is 10.3 Å². The van der Waals surface area contributed by atoms with Crippen LogP contribution in [-0.4, -0.2) is 24.0 Å². The van der Waals surface area contributed by atoms with Gasteiger partial charge in [-0.05, 0) is 6.92 Å². The van der Waals surface area contributed by atoms with Crippen molar-refractivity contribution in [2.75, 3.05) is 13.1 Å². The van der Waals surface area contributed by atoms with Crippen molar-refractivity contribution < 1.29 is 0 Å². The summed E-state index contributed by atoms with van der Waals surface area (Å²) in [5, 5.41) is 6.10. The summed E-state index contributed by atoms with van der Waals surface area (Å²) in [6, 6.07) is 0. The topological polar surface area (TPSA) is 63.3 Å². The van der Waals surface area contributed by atoms with Crippen molar-refractivity contribution in [2.24, 2.45) is 10.7 Å². The van der Waals surface area contributed by atoms with Crippen molar-refractivity contribution in [3.8, 4) is 0 Å². The van der Waals surface area contributed by atoms with Gasteiger partial charge in [0.2, 0.25) is 0 Å². The summed E-state index contributed by atoms with van der Waals surface area (Å²) in [4.78, 5) is 8.67. The van der Waals surface area contributed by atoms with E-state index in [0.29, 0.717) is 25.0 Å². The molecule has 0 aliphatic heterocycles. The van der Waals surface area contributed by atoms with E-state index in [1.54, 1.807) is 17.4 Å². The highest BCUT2D eigenvalue weighted by Crippen LogP contribution is 2.19. The molecular formula is C11H18N4S. The lowest BCUT2D eigenvalue weighted by Crippen LogP contribution is -2.32. The number of nitrogens with zero attached hydrogens (tertiary/aromatic N) is 2. The summed E-state index contributed by atoms with van der Waals surface area (Å²) in [5.41, 5.74) is 6.73. The van der Waals surface area contributed by atoms with Crippen LogP contribution in [-0.2, 0) is 0 Å². The number of hydrogen-bond acceptors (Lipinski definition) is 3. The van der Waals surface area contributed by atoms with E-state index in [1.807, 2.05) is 6.92 Å². The fraction of sp³-hybridized carbons (Fsp3) is 0.455. The van der Waals surface area contributed by atoms with Crippen LogP contribution in [0.3, 0.4) is 0 Å². The molecule has 88 valence electrons. The van der Waals surface area contributed by atoms with Crippen molar-refractivity contribution in [1.29, 1.82) is 0 Å². The van der Waals surface area contributed by atoms with E-state index in [0.717, 1.165) is 10.7 Å². The Labute approximate surface area is 100 Å². The van der Waals surface area contributed by atoms with Crippen molar-refractivity contribution in [2.45, 2.75) is 19.8 Å². The minimum Gasteiger partial charge on any atom is -0.370 e. The second kappa shape index (κ2) is 6.27. The van der Waals surface area contributed by atoms with E-state index in [1.165, 1.54) is 0 Å². The second-order valence-corrected chi connectivity index (χ2v) is 4.51. The molecule has 0 bridgehead atoms. The van der Waals surface area contributed by atoms with Gasteiger partial charge < -0.3 is 11.1 Å². The molecule has 16 heavy (non-hydrogen) atoms. The quantitative estimate of drug-likeness (QED) is 0.466. The molecule has 1 aromatic heterocycles. The first-order valence-corrected chi connectivity index (χ1v) is 6.08. The van der Waals surface area contributed by atoms with Crippen LogP contribution in [0.5, 0.6) is 0 Å². The fourth-order valence-corrected chi connectivity index (χ4v) is 1.99. The van der Waals surface area contributed by atoms with Crippen LogP contribution in [0.4, 0.5) is 0 Å². The van der Waals surface area contributed by atoms with Crippen molar-refractivity contribution in [3.63, 3.8) is 0 Å². The molecule has 0 aliphatic rings. The van der Waals surface area contributed by atoms with E-state index in [2.05, 4.69) is 34.2 Å². The Balaban J connectivity index is 2.45. The molecular weight excluding hydrogens is 220 g/mol. The smallest absolute Gasteiger partial charge is 0.188 e. The third-order valence-corrected chi connectivity index (χ3v) is 3.22. The third-order valence-electron chi connectivity index (χ3n) is 2.02. The van der Waals surface area contributed by atoms with Gasteiger partial charge in [-0.3, -0.25) is 4.99 Å². The van der Waals surface area contributed by atoms with Gasteiger partial charge in [0.1, 0.15) is 0 Å². The lowest BCUT2D eigenvalue weighted by atomic mass is 10.2. The summed E-state index contributed by atoms with van der Waals surface area (Å²) in [5.74, 6) is 0.766. The van der Waals surface area contributed by atoms with Crippen molar-refractivity contribution >= 4 is 17.3 Å². The zero-order valence-corrected chi connectivity index (χ0v) is 10.5. The minimum absolute atomic E-state index is 0.308. The maximum absolute atomic E-state index is 5.67. The highest BCUT2D eigenvalue weighted by Gasteiger charge is 2.08. The van der Waals surface area contributed by atoms with Gasteiger partial charge >= 0.3 is 0 Å². The molecule has 5 heteroatoms. The number of guanidine groups is 1. The number of aryl methyl sites for hydroxylation is 1. The molecule has 1 aromatic rings. The maximum Gasteiger partial charge on any atom is 0.188 e. The fourth-order valence-electron chi connectivity index (χ4n) is 1.14. The Morgan fingerprint density at radius 2 is 2.56 bits per heavy atom. The Kier molecular flexibility index (Phi) is 4.98. The van der Waals surface area contributed by atoms with E-state index >= 15 is 0 Å². The number of nitrogens with one attached hydrogen (secondary N) is 1. The molecule has 0 spiro atoms. The molecule has 1 atom stereocenters. The van der Waals surface area contributed by atoms with Crippen LogP contribution in [0.1, 0.15) is 23.5 Å². The molecule has 3 N–H and O–H groups in total. The van der Waals surface area contributed by atoms with E-state index in [4.69, 9.17) is 5.73 Å². The Bertz CT molecular complexity index is 370. The van der Waals surface area contributed by atoms with Crippen LogP contribution in [0.2, 0.25) is 0 Å². The first-order chi connectivity index (χ1) is 7.63. The summed E-state index contributed by atoms with van der Waals surface area (Å²) in [6.45, 7) is 8.99. The Morgan fingerprint density at radius 3 is 3.12 bits per heavy atom. The van der Waals surface area contributed by atoms with Gasteiger partial charge in [-0.15, -0.1) is 17.9 Å². The maximum atomic E-state index is 5.67. The zero-order chi connectivity index (χ0) is 12.0. The molecule has 1 rings (SSSR count). The Morgan fingerprint density at radius 1 is 1.81 bits per heavy atom. The first kappa shape index (κ1) is 12.7. The zero-order valence-electron chi connectivity index (χ0n) is 9.73. The molecule has 1 unspecified atom stereocenters. The average molecular weight is 238 g/mol. The minimum atomic E-state index is 0.308. The van der Waals surface area contributed by atoms with E-state index < -0.39 is 0 Å². The van der Waals surface area contributed by atoms with Gasteiger partial charge in [0.15, 0.2) is 5.96 Å². The standard InChI is InChI=1S/C11H18N4S/c1-4-5-13-11(12)14-6-8(2)10-15-9(3)7-16-10/h4,7-8H,1,5-6H2,2-3H3,(H3,12,13,14). The predicted octanol–water partition coefficient (Wildman–Crippen LogP) is 1.65. The van der Waals surface area contributed by atoms with Crippen LogP contribution >= 0.6 is 11.3 Å². The highest BCUT2D eigenvalue weighted by atomic mass is 32.1. The lowest BCUT2D eigenvalue weighted by molar-refractivity contribution is 0.758.